The first-order chi connectivity index (χ1) is 18.2. The highest BCUT2D eigenvalue weighted by atomic mass is 32.2. The van der Waals surface area contributed by atoms with Crippen LogP contribution in [0.25, 0.3) is 11.1 Å². The number of carbonyl (C=O) groups excluding carboxylic acids is 1. The van der Waals surface area contributed by atoms with Crippen LogP contribution in [0, 0.1) is 5.92 Å². The van der Waals surface area contributed by atoms with Crippen molar-refractivity contribution in [1.82, 2.24) is 14.6 Å². The van der Waals surface area contributed by atoms with Gasteiger partial charge in [0, 0.05) is 36.5 Å². The summed E-state index contributed by atoms with van der Waals surface area (Å²) in [5, 5.41) is 9.05. The predicted molar refractivity (Wildman–Crippen MR) is 141 cm³/mol. The lowest BCUT2D eigenvalue weighted by Crippen LogP contribution is -2.38. The van der Waals surface area contributed by atoms with E-state index in [0.29, 0.717) is 37.2 Å². The number of carbonyl (C=O) groups is 2. The van der Waals surface area contributed by atoms with E-state index in [0.717, 1.165) is 35.8 Å². The molecular formula is C27H29N3O7S. The van der Waals surface area contributed by atoms with Crippen molar-refractivity contribution >= 4 is 22.0 Å². The van der Waals surface area contributed by atoms with E-state index in [4.69, 9.17) is 14.6 Å². The van der Waals surface area contributed by atoms with Crippen molar-refractivity contribution in [2.24, 2.45) is 5.92 Å². The van der Waals surface area contributed by atoms with E-state index >= 15 is 0 Å². The molecule has 2 amide bonds. The third-order valence-corrected chi connectivity index (χ3v) is 6.71. The van der Waals surface area contributed by atoms with Gasteiger partial charge in [0.05, 0.1) is 12.9 Å². The predicted octanol–water partition coefficient (Wildman–Crippen LogP) is 3.79. The number of amides is 2. The molecule has 2 aromatic carbocycles. The van der Waals surface area contributed by atoms with Gasteiger partial charge in [-0.25, -0.2) is 22.9 Å². The SMILES string of the molecule is CS(=O)(=O)NC(=O)c1ccc(COc2cccc(-c3ccc(OCC4CCN(C(=O)O)CC4)nc3)c2)cc1. The normalized spacial score (nSPS) is 14.1. The molecule has 0 spiro atoms. The average Bonchev–Trinajstić information content (AvgIpc) is 2.91. The lowest BCUT2D eigenvalue weighted by Gasteiger charge is -2.29. The third kappa shape index (κ3) is 7.69. The largest absolute Gasteiger partial charge is 0.489 e. The fraction of sp³-hybridized carbons (Fsp3) is 0.296. The molecule has 1 fully saturated rings. The number of rotatable bonds is 9. The van der Waals surface area contributed by atoms with Crippen LogP contribution < -0.4 is 14.2 Å². The summed E-state index contributed by atoms with van der Waals surface area (Å²) in [7, 11) is -3.62. The van der Waals surface area contributed by atoms with Gasteiger partial charge in [0.15, 0.2) is 0 Å². The number of piperidine rings is 1. The highest BCUT2D eigenvalue weighted by Crippen LogP contribution is 2.26. The smallest absolute Gasteiger partial charge is 0.407 e. The second kappa shape index (κ2) is 12.0. The van der Waals surface area contributed by atoms with Gasteiger partial charge in [-0.05, 0) is 60.2 Å². The van der Waals surface area contributed by atoms with Gasteiger partial charge in [0.1, 0.15) is 12.4 Å². The van der Waals surface area contributed by atoms with E-state index in [-0.39, 0.29) is 12.2 Å². The summed E-state index contributed by atoms with van der Waals surface area (Å²) in [6, 6.07) is 17.8. The van der Waals surface area contributed by atoms with Crippen LogP contribution in [0.2, 0.25) is 0 Å². The number of sulfonamides is 1. The Morgan fingerprint density at radius 2 is 1.76 bits per heavy atom. The fourth-order valence-corrected chi connectivity index (χ4v) is 4.50. The van der Waals surface area contributed by atoms with Crippen LogP contribution in [-0.2, 0) is 16.6 Å². The first kappa shape index (κ1) is 26.9. The molecule has 0 saturated carbocycles. The molecule has 1 aromatic heterocycles. The van der Waals surface area contributed by atoms with Gasteiger partial charge >= 0.3 is 6.09 Å². The number of carboxylic acid groups (broad SMARTS) is 1. The number of hydrogen-bond donors (Lipinski definition) is 2. The van der Waals surface area contributed by atoms with Crippen LogP contribution >= 0.6 is 0 Å². The average molecular weight is 540 g/mol. The summed E-state index contributed by atoms with van der Waals surface area (Å²) in [4.78, 5) is 28.8. The van der Waals surface area contributed by atoms with Crippen LogP contribution in [0.15, 0.2) is 66.9 Å². The van der Waals surface area contributed by atoms with Crippen LogP contribution in [0.5, 0.6) is 11.6 Å². The fourth-order valence-electron chi connectivity index (χ4n) is 4.04. The lowest BCUT2D eigenvalue weighted by atomic mass is 9.98. The highest BCUT2D eigenvalue weighted by molar-refractivity contribution is 7.89. The molecule has 0 unspecified atom stereocenters. The maximum absolute atomic E-state index is 11.9. The molecule has 1 aliphatic heterocycles. The summed E-state index contributed by atoms with van der Waals surface area (Å²) in [5.41, 5.74) is 2.89. The van der Waals surface area contributed by atoms with Gasteiger partial charge in [-0.3, -0.25) is 4.79 Å². The minimum Gasteiger partial charge on any atom is -0.489 e. The second-order valence-electron chi connectivity index (χ2n) is 9.13. The van der Waals surface area contributed by atoms with Crippen LogP contribution in [0.3, 0.4) is 0 Å². The van der Waals surface area contributed by atoms with Crippen molar-refractivity contribution < 1.29 is 32.6 Å². The van der Waals surface area contributed by atoms with Gasteiger partial charge in [-0.2, -0.15) is 0 Å². The van der Waals surface area contributed by atoms with Crippen LogP contribution in [0.1, 0.15) is 28.8 Å². The molecule has 200 valence electrons. The van der Waals surface area contributed by atoms with Crippen molar-refractivity contribution in [2.45, 2.75) is 19.4 Å². The van der Waals surface area contributed by atoms with Crippen molar-refractivity contribution in [3.8, 4) is 22.8 Å². The first-order valence-electron chi connectivity index (χ1n) is 12.1. The van der Waals surface area contributed by atoms with Gasteiger partial charge in [0.2, 0.25) is 15.9 Å². The monoisotopic (exact) mass is 539 g/mol. The molecule has 10 nitrogen and oxygen atoms in total. The van der Waals surface area contributed by atoms with E-state index in [2.05, 4.69) is 4.98 Å². The number of nitrogens with zero attached hydrogens (tertiary/aromatic N) is 2. The Morgan fingerprint density at radius 3 is 2.39 bits per heavy atom. The van der Waals surface area contributed by atoms with E-state index in [1.165, 1.54) is 4.90 Å². The molecule has 0 aliphatic carbocycles. The molecule has 0 atom stereocenters. The third-order valence-electron chi connectivity index (χ3n) is 6.16. The Morgan fingerprint density at radius 1 is 1.03 bits per heavy atom. The summed E-state index contributed by atoms with van der Waals surface area (Å²) < 4.78 is 36.1. The number of benzene rings is 2. The Bertz CT molecular complexity index is 1370. The van der Waals surface area contributed by atoms with Crippen molar-refractivity contribution in [2.75, 3.05) is 26.0 Å². The maximum atomic E-state index is 11.9. The van der Waals surface area contributed by atoms with E-state index in [9.17, 15) is 18.0 Å². The maximum Gasteiger partial charge on any atom is 0.407 e. The Labute approximate surface area is 221 Å². The molecule has 2 N–H and O–H groups in total. The summed E-state index contributed by atoms with van der Waals surface area (Å²) in [6.07, 6.45) is 3.35. The Balaban J connectivity index is 1.29. The van der Waals surface area contributed by atoms with Gasteiger partial charge in [0.25, 0.3) is 5.91 Å². The van der Waals surface area contributed by atoms with Crippen molar-refractivity contribution in [3.05, 3.63) is 78.0 Å². The minimum atomic E-state index is -3.62. The zero-order chi connectivity index (χ0) is 27.1. The molecular weight excluding hydrogens is 510 g/mol. The van der Waals surface area contributed by atoms with E-state index < -0.39 is 22.0 Å². The van der Waals surface area contributed by atoms with E-state index in [1.807, 2.05) is 41.1 Å². The molecule has 0 radical (unpaired) electrons. The number of ether oxygens (including phenoxy) is 2. The molecule has 0 bridgehead atoms. The van der Waals surface area contributed by atoms with Crippen LogP contribution in [0.4, 0.5) is 4.79 Å². The quantitative estimate of drug-likeness (QED) is 0.419. The molecule has 1 aliphatic rings. The van der Waals surface area contributed by atoms with Gasteiger partial charge in [-0.15, -0.1) is 0 Å². The number of pyridine rings is 1. The standard InChI is InChI=1S/C27H29N3O7S/c1-38(34,35)29-26(31)21-7-5-19(6-8-21)17-36-24-4-2-3-22(15-24)23-9-10-25(28-16-23)37-18-20-11-13-30(14-12-20)27(32)33/h2-10,15-16,20H,11-14,17-18H2,1H3,(H,29,31)(H,32,33). The zero-order valence-electron chi connectivity index (χ0n) is 20.9. The summed E-state index contributed by atoms with van der Waals surface area (Å²) >= 11 is 0. The zero-order valence-corrected chi connectivity index (χ0v) is 21.7. The molecule has 38 heavy (non-hydrogen) atoms. The Hall–Kier alpha value is -4.12. The highest BCUT2D eigenvalue weighted by Gasteiger charge is 2.22. The van der Waals surface area contributed by atoms with Gasteiger partial charge in [-0.1, -0.05) is 24.3 Å². The number of nitrogens with one attached hydrogen (secondary N) is 1. The number of hydrogen-bond acceptors (Lipinski definition) is 7. The summed E-state index contributed by atoms with van der Waals surface area (Å²) in [6.45, 7) is 1.84. The molecule has 2 heterocycles. The first-order valence-corrected chi connectivity index (χ1v) is 14.0. The van der Waals surface area contributed by atoms with Crippen molar-refractivity contribution in [3.63, 3.8) is 0 Å². The molecule has 4 rings (SSSR count). The number of aromatic nitrogens is 1. The number of likely N-dealkylation sites (tertiary alicyclic amines) is 1. The molecule has 3 aromatic rings. The summed E-state index contributed by atoms with van der Waals surface area (Å²) in [5.74, 6) is 0.811. The van der Waals surface area contributed by atoms with Crippen LogP contribution in [-0.4, -0.2) is 61.4 Å². The van der Waals surface area contributed by atoms with Gasteiger partial charge < -0.3 is 19.5 Å². The minimum absolute atomic E-state index is 0.240. The molecule has 1 saturated heterocycles. The Kier molecular flexibility index (Phi) is 8.47. The molecule has 11 heteroatoms. The second-order valence-corrected chi connectivity index (χ2v) is 10.9. The van der Waals surface area contributed by atoms with Crippen molar-refractivity contribution in [1.29, 1.82) is 0 Å². The lowest BCUT2D eigenvalue weighted by molar-refractivity contribution is 0.0981. The topological polar surface area (TPSA) is 135 Å². The van der Waals surface area contributed by atoms with E-state index in [1.54, 1.807) is 30.5 Å².